The standard InChI is InChI=1S/C15H32N2O2/c1-13(2,3)11(10-15(7,8)16-9)17-12(18)19-14(4,5)6/h11,16H,10H2,1-9H3,(H,17,18). The van der Waals surface area contributed by atoms with Gasteiger partial charge in [0.05, 0.1) is 0 Å². The number of alkyl carbamates (subject to hydrolysis) is 1. The zero-order valence-corrected chi connectivity index (χ0v) is 14.1. The molecule has 0 fully saturated rings. The van der Waals surface area contributed by atoms with Crippen LogP contribution in [0.2, 0.25) is 0 Å². The predicted molar refractivity (Wildman–Crippen MR) is 80.4 cm³/mol. The van der Waals surface area contributed by atoms with Gasteiger partial charge in [-0.15, -0.1) is 0 Å². The lowest BCUT2D eigenvalue weighted by molar-refractivity contribution is 0.0445. The van der Waals surface area contributed by atoms with Crippen molar-refractivity contribution in [2.24, 2.45) is 5.41 Å². The molecule has 4 nitrogen and oxygen atoms in total. The van der Waals surface area contributed by atoms with Crippen LogP contribution in [-0.4, -0.2) is 30.3 Å². The maximum Gasteiger partial charge on any atom is 0.407 e. The molecular formula is C15H32N2O2. The number of hydrogen-bond donors (Lipinski definition) is 2. The lowest BCUT2D eigenvalue weighted by Gasteiger charge is -2.37. The third-order valence-electron chi connectivity index (χ3n) is 3.13. The van der Waals surface area contributed by atoms with Gasteiger partial charge in [0, 0.05) is 11.6 Å². The molecule has 0 aromatic rings. The molecule has 114 valence electrons. The Morgan fingerprint density at radius 3 is 1.84 bits per heavy atom. The molecule has 4 heteroatoms. The fourth-order valence-electron chi connectivity index (χ4n) is 1.64. The van der Waals surface area contributed by atoms with Crippen molar-refractivity contribution in [1.29, 1.82) is 0 Å². The lowest BCUT2D eigenvalue weighted by atomic mass is 9.79. The molecule has 1 unspecified atom stereocenters. The number of hydrogen-bond acceptors (Lipinski definition) is 3. The fraction of sp³-hybridized carbons (Fsp3) is 0.933. The molecule has 1 amide bonds. The van der Waals surface area contributed by atoms with E-state index >= 15 is 0 Å². The van der Waals surface area contributed by atoms with Crippen molar-refractivity contribution in [1.82, 2.24) is 10.6 Å². The van der Waals surface area contributed by atoms with Crippen LogP contribution in [0, 0.1) is 5.41 Å². The number of ether oxygens (including phenoxy) is 1. The summed E-state index contributed by atoms with van der Waals surface area (Å²) in [7, 11) is 1.94. The van der Waals surface area contributed by atoms with E-state index in [1.54, 1.807) is 0 Å². The van der Waals surface area contributed by atoms with Gasteiger partial charge >= 0.3 is 6.09 Å². The summed E-state index contributed by atoms with van der Waals surface area (Å²) in [6, 6.07) is 0.0461. The Bertz CT molecular complexity index is 298. The molecule has 2 N–H and O–H groups in total. The molecule has 0 spiro atoms. The molecule has 0 radical (unpaired) electrons. The zero-order valence-electron chi connectivity index (χ0n) is 14.1. The molecule has 0 saturated carbocycles. The van der Waals surface area contributed by atoms with Gasteiger partial charge in [0.25, 0.3) is 0 Å². The second-order valence-corrected chi connectivity index (χ2v) is 7.90. The Morgan fingerprint density at radius 1 is 1.05 bits per heavy atom. The Balaban J connectivity index is 4.77. The first-order valence-electron chi connectivity index (χ1n) is 6.95. The second-order valence-electron chi connectivity index (χ2n) is 7.90. The molecule has 0 aliphatic carbocycles. The van der Waals surface area contributed by atoms with Crippen molar-refractivity contribution in [3.63, 3.8) is 0 Å². The molecule has 0 bridgehead atoms. The van der Waals surface area contributed by atoms with E-state index in [1.165, 1.54) is 0 Å². The van der Waals surface area contributed by atoms with E-state index in [4.69, 9.17) is 4.74 Å². The van der Waals surface area contributed by atoms with Crippen LogP contribution in [0.5, 0.6) is 0 Å². The van der Waals surface area contributed by atoms with Crippen LogP contribution >= 0.6 is 0 Å². The first kappa shape index (κ1) is 18.2. The smallest absolute Gasteiger partial charge is 0.407 e. The molecule has 19 heavy (non-hydrogen) atoms. The van der Waals surface area contributed by atoms with Crippen LogP contribution in [0.25, 0.3) is 0 Å². The quantitative estimate of drug-likeness (QED) is 0.825. The van der Waals surface area contributed by atoms with E-state index in [-0.39, 0.29) is 23.1 Å². The Morgan fingerprint density at radius 2 is 1.53 bits per heavy atom. The second kappa shape index (κ2) is 6.12. The van der Waals surface area contributed by atoms with Crippen molar-refractivity contribution in [2.45, 2.75) is 79.0 Å². The number of rotatable bonds is 4. The third kappa shape index (κ3) is 8.09. The van der Waals surface area contributed by atoms with Crippen LogP contribution in [-0.2, 0) is 4.74 Å². The highest BCUT2D eigenvalue weighted by molar-refractivity contribution is 5.68. The van der Waals surface area contributed by atoms with E-state index in [1.807, 2.05) is 27.8 Å². The molecular weight excluding hydrogens is 240 g/mol. The van der Waals surface area contributed by atoms with Crippen molar-refractivity contribution in [3.05, 3.63) is 0 Å². The van der Waals surface area contributed by atoms with E-state index in [9.17, 15) is 4.79 Å². The average Bonchev–Trinajstić information content (AvgIpc) is 2.11. The normalized spacial score (nSPS) is 15.0. The Labute approximate surface area is 118 Å². The van der Waals surface area contributed by atoms with E-state index in [0.717, 1.165) is 6.42 Å². The number of carbonyl (C=O) groups is 1. The van der Waals surface area contributed by atoms with Gasteiger partial charge in [-0.05, 0) is 53.5 Å². The predicted octanol–water partition coefficient (Wildman–Crippen LogP) is 3.31. The van der Waals surface area contributed by atoms with Crippen LogP contribution in [0.15, 0.2) is 0 Å². The van der Waals surface area contributed by atoms with Gasteiger partial charge in [0.2, 0.25) is 0 Å². The minimum absolute atomic E-state index is 0.0228. The van der Waals surface area contributed by atoms with E-state index < -0.39 is 5.60 Å². The number of amides is 1. The van der Waals surface area contributed by atoms with Gasteiger partial charge < -0.3 is 15.4 Å². The average molecular weight is 272 g/mol. The van der Waals surface area contributed by atoms with Crippen molar-refractivity contribution in [3.8, 4) is 0 Å². The first-order valence-corrected chi connectivity index (χ1v) is 6.95. The zero-order chi connectivity index (χ0) is 15.5. The summed E-state index contributed by atoms with van der Waals surface area (Å²) in [5, 5.41) is 6.28. The summed E-state index contributed by atoms with van der Waals surface area (Å²) in [6.07, 6.45) is 0.492. The SMILES string of the molecule is CNC(C)(C)CC(NC(=O)OC(C)(C)C)C(C)(C)C. The lowest BCUT2D eigenvalue weighted by Crippen LogP contribution is -2.51. The fourth-order valence-corrected chi connectivity index (χ4v) is 1.64. The molecule has 0 aliphatic rings. The maximum atomic E-state index is 11.9. The summed E-state index contributed by atoms with van der Waals surface area (Å²) in [6.45, 7) is 16.2. The summed E-state index contributed by atoms with van der Waals surface area (Å²) < 4.78 is 5.34. The molecule has 0 heterocycles. The van der Waals surface area contributed by atoms with Gasteiger partial charge in [0.1, 0.15) is 5.60 Å². The van der Waals surface area contributed by atoms with Gasteiger partial charge in [-0.25, -0.2) is 4.79 Å². The highest BCUT2D eigenvalue weighted by atomic mass is 16.6. The third-order valence-corrected chi connectivity index (χ3v) is 3.13. The van der Waals surface area contributed by atoms with Crippen LogP contribution in [0.1, 0.15) is 61.8 Å². The van der Waals surface area contributed by atoms with Crippen molar-refractivity contribution >= 4 is 6.09 Å². The Kier molecular flexibility index (Phi) is 5.87. The Hall–Kier alpha value is -0.770. The largest absolute Gasteiger partial charge is 0.444 e. The van der Waals surface area contributed by atoms with Crippen LogP contribution in [0.3, 0.4) is 0 Å². The highest BCUT2D eigenvalue weighted by Gasteiger charge is 2.32. The molecule has 0 aromatic heterocycles. The van der Waals surface area contributed by atoms with Gasteiger partial charge in [-0.3, -0.25) is 0 Å². The monoisotopic (exact) mass is 272 g/mol. The first-order chi connectivity index (χ1) is 8.27. The molecule has 0 saturated heterocycles. The molecule has 0 rings (SSSR count). The number of nitrogens with one attached hydrogen (secondary N) is 2. The van der Waals surface area contributed by atoms with Crippen LogP contribution in [0.4, 0.5) is 4.79 Å². The van der Waals surface area contributed by atoms with E-state index in [2.05, 4.69) is 45.3 Å². The van der Waals surface area contributed by atoms with Crippen molar-refractivity contribution in [2.75, 3.05) is 7.05 Å². The van der Waals surface area contributed by atoms with Gasteiger partial charge in [-0.2, -0.15) is 0 Å². The molecule has 1 atom stereocenters. The molecule has 0 aromatic carbocycles. The summed E-state index contributed by atoms with van der Waals surface area (Å²) >= 11 is 0. The maximum absolute atomic E-state index is 11.9. The summed E-state index contributed by atoms with van der Waals surface area (Å²) in [4.78, 5) is 11.9. The summed E-state index contributed by atoms with van der Waals surface area (Å²) in [5.41, 5.74) is -0.525. The molecule has 0 aliphatic heterocycles. The topological polar surface area (TPSA) is 50.4 Å². The van der Waals surface area contributed by atoms with Gasteiger partial charge in [-0.1, -0.05) is 20.8 Å². The minimum atomic E-state index is -0.467. The van der Waals surface area contributed by atoms with E-state index in [0.29, 0.717) is 0 Å². The minimum Gasteiger partial charge on any atom is -0.444 e. The number of carbonyl (C=O) groups excluding carboxylic acids is 1. The summed E-state index contributed by atoms with van der Waals surface area (Å²) in [5.74, 6) is 0. The highest BCUT2D eigenvalue weighted by Crippen LogP contribution is 2.26. The van der Waals surface area contributed by atoms with Gasteiger partial charge in [0.15, 0.2) is 0 Å². The van der Waals surface area contributed by atoms with Crippen molar-refractivity contribution < 1.29 is 9.53 Å². The van der Waals surface area contributed by atoms with Crippen LogP contribution < -0.4 is 10.6 Å².